The van der Waals surface area contributed by atoms with Crippen LogP contribution >= 0.6 is 0 Å². The first-order valence-corrected chi connectivity index (χ1v) is 4.82. The largest absolute Gasteiger partial charge is 0.335 e. The second-order valence-electron chi connectivity index (χ2n) is 3.46. The Bertz CT molecular complexity index is 309. The number of aryl methyl sites for hydroxylation is 3. The number of nitriles is 1. The summed E-state index contributed by atoms with van der Waals surface area (Å²) in [6, 6.07) is 2.15. The molecule has 1 aliphatic rings. The molecule has 0 atom stereocenters. The number of nitrogens with zero attached hydrogens (tertiary/aromatic N) is 3. The predicted octanol–water partition coefficient (Wildman–Crippen LogP) is 1.68. The van der Waals surface area contributed by atoms with Crippen LogP contribution in [0.15, 0.2) is 6.20 Å². The van der Waals surface area contributed by atoms with Crippen molar-refractivity contribution >= 4 is 0 Å². The summed E-state index contributed by atoms with van der Waals surface area (Å²) in [6.07, 6.45) is 7.11. The minimum Gasteiger partial charge on any atom is -0.335 e. The highest BCUT2D eigenvalue weighted by Gasteiger charge is 2.11. The Morgan fingerprint density at radius 1 is 1.54 bits per heavy atom. The van der Waals surface area contributed by atoms with Gasteiger partial charge in [0.1, 0.15) is 5.82 Å². The SMILES string of the molecule is N#CCCc1cn2c(n1)CCCC2. The van der Waals surface area contributed by atoms with E-state index in [2.05, 4.69) is 21.8 Å². The second kappa shape index (κ2) is 3.61. The lowest BCUT2D eigenvalue weighted by Crippen LogP contribution is -2.08. The summed E-state index contributed by atoms with van der Waals surface area (Å²) in [5.74, 6) is 1.21. The Morgan fingerprint density at radius 2 is 2.46 bits per heavy atom. The van der Waals surface area contributed by atoms with E-state index in [1.54, 1.807) is 0 Å². The highest BCUT2D eigenvalue weighted by Crippen LogP contribution is 2.14. The molecule has 3 nitrogen and oxygen atoms in total. The summed E-state index contributed by atoms with van der Waals surface area (Å²) in [4.78, 5) is 4.50. The molecule has 0 saturated carbocycles. The van der Waals surface area contributed by atoms with Crippen molar-refractivity contribution in [2.24, 2.45) is 0 Å². The highest BCUT2D eigenvalue weighted by atomic mass is 15.1. The van der Waals surface area contributed by atoms with Crippen molar-refractivity contribution < 1.29 is 0 Å². The molecule has 2 heterocycles. The van der Waals surface area contributed by atoms with E-state index >= 15 is 0 Å². The molecule has 0 amide bonds. The number of rotatable bonds is 2. The molecule has 0 N–H and O–H groups in total. The zero-order valence-electron chi connectivity index (χ0n) is 7.66. The van der Waals surface area contributed by atoms with E-state index in [0.29, 0.717) is 6.42 Å². The van der Waals surface area contributed by atoms with E-state index in [1.807, 2.05) is 0 Å². The highest BCUT2D eigenvalue weighted by molar-refractivity contribution is 5.07. The van der Waals surface area contributed by atoms with Gasteiger partial charge in [0.2, 0.25) is 0 Å². The Morgan fingerprint density at radius 3 is 3.23 bits per heavy atom. The van der Waals surface area contributed by atoms with Crippen LogP contribution in [0.25, 0.3) is 0 Å². The molecule has 3 heteroatoms. The molecule has 13 heavy (non-hydrogen) atoms. The zero-order chi connectivity index (χ0) is 9.10. The van der Waals surface area contributed by atoms with Gasteiger partial charge < -0.3 is 4.57 Å². The standard InChI is InChI=1S/C10H13N3/c11-6-3-4-9-8-13-7-2-1-5-10(13)12-9/h8H,1-5,7H2. The second-order valence-corrected chi connectivity index (χ2v) is 3.46. The van der Waals surface area contributed by atoms with Crippen molar-refractivity contribution in [1.82, 2.24) is 9.55 Å². The van der Waals surface area contributed by atoms with Crippen molar-refractivity contribution in [3.8, 4) is 6.07 Å². The minimum atomic E-state index is 0.580. The molecule has 0 aromatic carbocycles. The lowest BCUT2D eigenvalue weighted by atomic mass is 10.2. The number of fused-ring (bicyclic) bond motifs is 1. The first-order valence-electron chi connectivity index (χ1n) is 4.82. The van der Waals surface area contributed by atoms with Gasteiger partial charge in [-0.15, -0.1) is 0 Å². The van der Waals surface area contributed by atoms with Gasteiger partial charge in [0.25, 0.3) is 0 Å². The van der Waals surface area contributed by atoms with Gasteiger partial charge in [-0.05, 0) is 12.8 Å². The van der Waals surface area contributed by atoms with E-state index in [4.69, 9.17) is 5.26 Å². The monoisotopic (exact) mass is 175 g/mol. The van der Waals surface area contributed by atoms with Crippen LogP contribution < -0.4 is 0 Å². The minimum absolute atomic E-state index is 0.580. The molecule has 0 spiro atoms. The summed E-state index contributed by atoms with van der Waals surface area (Å²) in [6.45, 7) is 1.11. The first-order chi connectivity index (χ1) is 6.40. The molecule has 1 aromatic rings. The maximum atomic E-state index is 8.45. The van der Waals surface area contributed by atoms with Gasteiger partial charge in [-0.25, -0.2) is 4.98 Å². The molecule has 0 saturated heterocycles. The number of hydrogen-bond donors (Lipinski definition) is 0. The van der Waals surface area contributed by atoms with Crippen molar-refractivity contribution in [3.05, 3.63) is 17.7 Å². The smallest absolute Gasteiger partial charge is 0.108 e. The average molecular weight is 175 g/mol. The van der Waals surface area contributed by atoms with E-state index < -0.39 is 0 Å². The molecule has 68 valence electrons. The van der Waals surface area contributed by atoms with E-state index in [0.717, 1.165) is 25.1 Å². The van der Waals surface area contributed by atoms with E-state index in [1.165, 1.54) is 18.7 Å². The van der Waals surface area contributed by atoms with E-state index in [-0.39, 0.29) is 0 Å². The molecule has 0 radical (unpaired) electrons. The molecular weight excluding hydrogens is 162 g/mol. The quantitative estimate of drug-likeness (QED) is 0.686. The summed E-state index contributed by atoms with van der Waals surface area (Å²) < 4.78 is 2.23. The van der Waals surface area contributed by atoms with Crippen LogP contribution in [0.5, 0.6) is 0 Å². The Balaban J connectivity index is 2.12. The fraction of sp³-hybridized carbons (Fsp3) is 0.600. The number of hydrogen-bond acceptors (Lipinski definition) is 2. The maximum Gasteiger partial charge on any atom is 0.108 e. The van der Waals surface area contributed by atoms with Gasteiger partial charge >= 0.3 is 0 Å². The van der Waals surface area contributed by atoms with Crippen molar-refractivity contribution in [2.75, 3.05) is 0 Å². The number of imidazole rings is 1. The van der Waals surface area contributed by atoms with Gasteiger partial charge in [0.05, 0.1) is 11.8 Å². The molecule has 2 rings (SSSR count). The summed E-state index contributed by atoms with van der Waals surface area (Å²) in [5, 5.41) is 8.45. The molecule has 0 bridgehead atoms. The molecule has 0 unspecified atom stereocenters. The van der Waals surface area contributed by atoms with Crippen molar-refractivity contribution in [2.45, 2.75) is 38.6 Å². The lowest BCUT2D eigenvalue weighted by molar-refractivity contribution is 0.522. The van der Waals surface area contributed by atoms with Crippen LogP contribution in [0.1, 0.15) is 30.8 Å². The normalized spacial score (nSPS) is 15.0. The third kappa shape index (κ3) is 1.72. The van der Waals surface area contributed by atoms with Gasteiger partial charge in [-0.3, -0.25) is 0 Å². The van der Waals surface area contributed by atoms with Crippen LogP contribution in [0, 0.1) is 11.3 Å². The summed E-state index contributed by atoms with van der Waals surface area (Å²) in [7, 11) is 0. The van der Waals surface area contributed by atoms with Gasteiger partial charge in [-0.2, -0.15) is 5.26 Å². The first kappa shape index (κ1) is 8.31. The molecule has 1 aromatic heterocycles. The van der Waals surface area contributed by atoms with Gasteiger partial charge in [0.15, 0.2) is 0 Å². The third-order valence-corrected chi connectivity index (χ3v) is 2.45. The summed E-state index contributed by atoms with van der Waals surface area (Å²) >= 11 is 0. The molecular formula is C10H13N3. The number of aromatic nitrogens is 2. The van der Waals surface area contributed by atoms with Crippen LogP contribution in [-0.2, 0) is 19.4 Å². The zero-order valence-corrected chi connectivity index (χ0v) is 7.66. The van der Waals surface area contributed by atoms with Crippen LogP contribution in [0.4, 0.5) is 0 Å². The predicted molar refractivity (Wildman–Crippen MR) is 49.1 cm³/mol. The Kier molecular flexibility index (Phi) is 2.31. The fourth-order valence-electron chi connectivity index (χ4n) is 1.78. The van der Waals surface area contributed by atoms with Crippen molar-refractivity contribution in [1.29, 1.82) is 5.26 Å². The average Bonchev–Trinajstić information content (AvgIpc) is 2.57. The van der Waals surface area contributed by atoms with Crippen LogP contribution in [0.2, 0.25) is 0 Å². The fourth-order valence-corrected chi connectivity index (χ4v) is 1.78. The van der Waals surface area contributed by atoms with Crippen molar-refractivity contribution in [3.63, 3.8) is 0 Å². The van der Waals surface area contributed by atoms with Crippen LogP contribution in [0.3, 0.4) is 0 Å². The van der Waals surface area contributed by atoms with E-state index in [9.17, 15) is 0 Å². The third-order valence-electron chi connectivity index (χ3n) is 2.45. The molecule has 0 aliphatic carbocycles. The van der Waals surface area contributed by atoms with Gasteiger partial charge in [0, 0.05) is 32.0 Å². The Hall–Kier alpha value is -1.30. The topological polar surface area (TPSA) is 41.6 Å². The molecule has 1 aliphatic heterocycles. The molecule has 0 fully saturated rings. The Labute approximate surface area is 78.0 Å². The summed E-state index contributed by atoms with van der Waals surface area (Å²) in [5.41, 5.74) is 1.08. The maximum absolute atomic E-state index is 8.45. The van der Waals surface area contributed by atoms with Crippen LogP contribution in [-0.4, -0.2) is 9.55 Å². The van der Waals surface area contributed by atoms with Gasteiger partial charge in [-0.1, -0.05) is 0 Å². The lowest BCUT2D eigenvalue weighted by Gasteiger charge is -2.11.